The maximum atomic E-state index is 10.0. The number of aliphatic hydroxyl groups is 2. The van der Waals surface area contributed by atoms with Gasteiger partial charge in [0.25, 0.3) is 0 Å². The van der Waals surface area contributed by atoms with Crippen molar-refractivity contribution in [3.8, 4) is 0 Å². The average molecular weight is 358 g/mol. The molecule has 1 saturated carbocycles. The number of aliphatic hydroxyl groups excluding tert-OH is 2. The molecule has 4 N–H and O–H groups in total. The highest BCUT2D eigenvalue weighted by Gasteiger charge is 2.50. The summed E-state index contributed by atoms with van der Waals surface area (Å²) in [4.78, 5) is 0. The Morgan fingerprint density at radius 2 is 1.83 bits per heavy atom. The van der Waals surface area contributed by atoms with E-state index in [1.54, 1.807) is 11.1 Å². The van der Waals surface area contributed by atoms with Crippen molar-refractivity contribution in [3.05, 3.63) is 11.1 Å². The van der Waals surface area contributed by atoms with Crippen molar-refractivity contribution < 1.29 is 10.2 Å². The summed E-state index contributed by atoms with van der Waals surface area (Å²) in [5.41, 5.74) is 10.1. The van der Waals surface area contributed by atoms with Crippen molar-refractivity contribution in [1.29, 1.82) is 0 Å². The molecule has 0 aliphatic heterocycles. The van der Waals surface area contributed by atoms with Crippen LogP contribution in [0.15, 0.2) is 11.1 Å². The van der Waals surface area contributed by atoms with E-state index < -0.39 is 0 Å². The van der Waals surface area contributed by atoms with Crippen LogP contribution in [0.2, 0.25) is 0 Å². The molecule has 140 valence electrons. The predicted molar refractivity (Wildman–Crippen MR) is 101 cm³/mol. The molecule has 4 heteroatoms. The molecule has 3 rings (SSSR count). The minimum Gasteiger partial charge on any atom is -0.396 e. The van der Waals surface area contributed by atoms with Crippen LogP contribution in [-0.2, 0) is 0 Å². The van der Waals surface area contributed by atoms with Gasteiger partial charge in [-0.05, 0) is 80.1 Å². The molecule has 0 radical (unpaired) electrons. The summed E-state index contributed by atoms with van der Waals surface area (Å²) in [5.74, 6) is 1.25. The van der Waals surface area contributed by atoms with Crippen molar-refractivity contribution in [2.45, 2.75) is 71.8 Å². The third-order valence-corrected chi connectivity index (χ3v) is 7.69. The van der Waals surface area contributed by atoms with Gasteiger partial charge in [0.15, 0.2) is 0 Å². The Morgan fingerprint density at radius 3 is 2.46 bits per heavy atom. The molecule has 0 aromatic rings. The van der Waals surface area contributed by atoms with Crippen LogP contribution in [0, 0.1) is 28.6 Å². The normalized spacial score (nSPS) is 41.8. The Balaban J connectivity index is 0.00000208. The summed E-state index contributed by atoms with van der Waals surface area (Å²) < 4.78 is 0. The van der Waals surface area contributed by atoms with E-state index in [0.29, 0.717) is 17.3 Å². The molecule has 0 amide bonds. The number of halogens is 1. The zero-order valence-electron chi connectivity index (χ0n) is 15.6. The van der Waals surface area contributed by atoms with Crippen molar-refractivity contribution in [2.24, 2.45) is 34.3 Å². The molecule has 3 nitrogen and oxygen atoms in total. The summed E-state index contributed by atoms with van der Waals surface area (Å²) in [6.07, 6.45) is 7.29. The summed E-state index contributed by atoms with van der Waals surface area (Å²) in [6.45, 7) is 8.06. The van der Waals surface area contributed by atoms with E-state index >= 15 is 0 Å². The fraction of sp³-hybridized carbons (Fsp3) is 0.900. The van der Waals surface area contributed by atoms with Crippen LogP contribution in [-0.4, -0.2) is 29.5 Å². The van der Waals surface area contributed by atoms with Gasteiger partial charge in [0.2, 0.25) is 0 Å². The van der Waals surface area contributed by atoms with E-state index in [2.05, 4.69) is 20.8 Å². The highest BCUT2D eigenvalue weighted by Crippen LogP contribution is 2.58. The number of hydrogen-bond acceptors (Lipinski definition) is 3. The second kappa shape index (κ2) is 7.26. The molecule has 1 unspecified atom stereocenters. The molecule has 3 aliphatic carbocycles. The lowest BCUT2D eigenvalue weighted by Crippen LogP contribution is -2.48. The molecular formula is C20H36ClNO2. The van der Waals surface area contributed by atoms with E-state index in [1.807, 2.05) is 0 Å². The van der Waals surface area contributed by atoms with Crippen molar-refractivity contribution >= 4 is 12.4 Å². The Kier molecular flexibility index (Phi) is 6.12. The summed E-state index contributed by atoms with van der Waals surface area (Å²) in [5, 5.41) is 20.0. The topological polar surface area (TPSA) is 66.5 Å². The largest absolute Gasteiger partial charge is 0.396 e. The van der Waals surface area contributed by atoms with E-state index in [-0.39, 0.29) is 36.5 Å². The van der Waals surface area contributed by atoms with Crippen LogP contribution < -0.4 is 5.73 Å². The number of nitrogens with two attached hydrogens (primary N) is 1. The fourth-order valence-corrected chi connectivity index (χ4v) is 6.10. The lowest BCUT2D eigenvalue weighted by molar-refractivity contribution is -0.0575. The van der Waals surface area contributed by atoms with Crippen LogP contribution in [0.1, 0.15) is 65.7 Å². The molecule has 1 fully saturated rings. The zero-order chi connectivity index (χ0) is 16.8. The van der Waals surface area contributed by atoms with Crippen LogP contribution in [0.25, 0.3) is 0 Å². The summed E-state index contributed by atoms with van der Waals surface area (Å²) in [6, 6.07) is 0. The van der Waals surface area contributed by atoms with Crippen molar-refractivity contribution in [3.63, 3.8) is 0 Å². The van der Waals surface area contributed by atoms with Gasteiger partial charge in [-0.25, -0.2) is 0 Å². The van der Waals surface area contributed by atoms with Gasteiger partial charge >= 0.3 is 0 Å². The highest BCUT2D eigenvalue weighted by atomic mass is 35.5. The molecule has 0 aromatic carbocycles. The predicted octanol–water partition coefficient (Wildman–Crippen LogP) is 3.67. The summed E-state index contributed by atoms with van der Waals surface area (Å²) in [7, 11) is 0. The first-order chi connectivity index (χ1) is 10.8. The monoisotopic (exact) mass is 357 g/mol. The first-order valence-electron chi connectivity index (χ1n) is 9.55. The molecular weight excluding hydrogens is 322 g/mol. The highest BCUT2D eigenvalue weighted by molar-refractivity contribution is 5.85. The minimum atomic E-state index is -0.236. The molecule has 3 aliphatic rings. The van der Waals surface area contributed by atoms with Crippen LogP contribution >= 0.6 is 12.4 Å². The van der Waals surface area contributed by atoms with E-state index in [0.717, 1.165) is 25.8 Å². The van der Waals surface area contributed by atoms with Crippen LogP contribution in [0.5, 0.6) is 0 Å². The Bertz CT molecular complexity index is 490. The first-order valence-corrected chi connectivity index (χ1v) is 9.55. The Hall–Kier alpha value is -0.0900. The van der Waals surface area contributed by atoms with Gasteiger partial charge in [-0.15, -0.1) is 12.4 Å². The Morgan fingerprint density at radius 1 is 1.12 bits per heavy atom. The van der Waals surface area contributed by atoms with E-state index in [1.165, 1.54) is 25.7 Å². The van der Waals surface area contributed by atoms with Gasteiger partial charge in [-0.3, -0.25) is 0 Å². The standard InChI is InChI=1S/C20H35NO2.ClH/c1-19(2)8-7-15-16(11-21)18(5-4-17(15)19)20(3)9-6-14(23)10-13(20)12-22;/h13-14,16,18,22-23H,4-12,21H2,1-3H3;1H/t13-,14+,16+,18?,20+;/m1./s1. The number of rotatable bonds is 3. The third-order valence-electron chi connectivity index (χ3n) is 7.69. The quantitative estimate of drug-likeness (QED) is 0.675. The van der Waals surface area contributed by atoms with E-state index in [4.69, 9.17) is 5.73 Å². The number of hydrogen-bond donors (Lipinski definition) is 3. The fourth-order valence-electron chi connectivity index (χ4n) is 6.10. The Labute approximate surface area is 153 Å². The molecule has 0 saturated heterocycles. The van der Waals surface area contributed by atoms with E-state index in [9.17, 15) is 10.2 Å². The maximum absolute atomic E-state index is 10.0. The van der Waals surface area contributed by atoms with Gasteiger partial charge in [-0.2, -0.15) is 0 Å². The van der Waals surface area contributed by atoms with Gasteiger partial charge in [0.05, 0.1) is 6.10 Å². The molecule has 24 heavy (non-hydrogen) atoms. The zero-order valence-corrected chi connectivity index (χ0v) is 16.4. The maximum Gasteiger partial charge on any atom is 0.0544 e. The van der Waals surface area contributed by atoms with Crippen molar-refractivity contribution in [1.82, 2.24) is 0 Å². The SMILES string of the molecule is CC1(C)CCC2=C1CCC([C@@]1(C)CC[C@H](O)C[C@@H]1CO)[C@H]2CN.Cl. The lowest BCUT2D eigenvalue weighted by atomic mass is 9.53. The van der Waals surface area contributed by atoms with Gasteiger partial charge < -0.3 is 15.9 Å². The van der Waals surface area contributed by atoms with Gasteiger partial charge in [0.1, 0.15) is 0 Å². The number of allylic oxidation sites excluding steroid dienone is 1. The van der Waals surface area contributed by atoms with Crippen LogP contribution in [0.4, 0.5) is 0 Å². The molecule has 0 bridgehead atoms. The molecule has 0 spiro atoms. The third kappa shape index (κ3) is 3.18. The van der Waals surface area contributed by atoms with Gasteiger partial charge in [-0.1, -0.05) is 31.9 Å². The second-order valence-corrected chi connectivity index (χ2v) is 9.19. The second-order valence-electron chi connectivity index (χ2n) is 9.19. The molecule has 0 aromatic heterocycles. The lowest BCUT2D eigenvalue weighted by Gasteiger charge is -2.52. The van der Waals surface area contributed by atoms with Crippen molar-refractivity contribution in [2.75, 3.05) is 13.2 Å². The van der Waals surface area contributed by atoms with Gasteiger partial charge in [0, 0.05) is 6.61 Å². The first kappa shape index (κ1) is 20.2. The van der Waals surface area contributed by atoms with Crippen LogP contribution in [0.3, 0.4) is 0 Å². The summed E-state index contributed by atoms with van der Waals surface area (Å²) >= 11 is 0. The molecule has 5 atom stereocenters. The molecule has 0 heterocycles. The smallest absolute Gasteiger partial charge is 0.0544 e. The minimum absolute atomic E-state index is 0. The average Bonchev–Trinajstić information content (AvgIpc) is 2.84.